The standard InChI is InChI=1S/C25H22N6O5S2/c1-16-9-5-6-12-18(16)28-31-25-23(26)20(15-22(24(25)27)38(34,35)36)30-29-19-13-7-8-14-21(19)37(32,33)17-10-3-2-4-11-17/h2-15H,26-27H2,1H3,(H,34,35,36)/b30-29+,31-28+. The number of hydrogen-bond donors (Lipinski definition) is 3. The highest BCUT2D eigenvalue weighted by molar-refractivity contribution is 7.91. The van der Waals surface area contributed by atoms with Gasteiger partial charge in [0, 0.05) is 0 Å². The van der Waals surface area contributed by atoms with E-state index in [1.807, 2.05) is 6.07 Å². The molecule has 4 aromatic rings. The molecule has 11 nitrogen and oxygen atoms in total. The van der Waals surface area contributed by atoms with E-state index in [1.54, 1.807) is 49.4 Å². The van der Waals surface area contributed by atoms with Crippen LogP contribution in [0.2, 0.25) is 0 Å². The molecule has 0 amide bonds. The van der Waals surface area contributed by atoms with Crippen LogP contribution in [0.3, 0.4) is 0 Å². The van der Waals surface area contributed by atoms with Crippen molar-refractivity contribution in [2.45, 2.75) is 21.6 Å². The van der Waals surface area contributed by atoms with Crippen LogP contribution in [0.4, 0.5) is 34.1 Å². The van der Waals surface area contributed by atoms with E-state index in [0.29, 0.717) is 5.69 Å². The molecule has 4 rings (SSSR count). The van der Waals surface area contributed by atoms with Crippen molar-refractivity contribution in [2.24, 2.45) is 20.5 Å². The Morgan fingerprint density at radius 1 is 0.632 bits per heavy atom. The van der Waals surface area contributed by atoms with E-state index >= 15 is 0 Å². The van der Waals surface area contributed by atoms with Gasteiger partial charge in [-0.05, 0) is 48.9 Å². The number of sulfone groups is 1. The van der Waals surface area contributed by atoms with Crippen LogP contribution in [0.15, 0.2) is 120 Å². The van der Waals surface area contributed by atoms with E-state index in [0.717, 1.165) is 11.6 Å². The van der Waals surface area contributed by atoms with E-state index in [4.69, 9.17) is 11.5 Å². The molecule has 0 saturated carbocycles. The second kappa shape index (κ2) is 10.5. The van der Waals surface area contributed by atoms with Crippen molar-refractivity contribution >= 4 is 54.1 Å². The molecule has 38 heavy (non-hydrogen) atoms. The van der Waals surface area contributed by atoms with E-state index in [1.165, 1.54) is 30.3 Å². The highest BCUT2D eigenvalue weighted by Gasteiger charge is 2.24. The van der Waals surface area contributed by atoms with E-state index in [9.17, 15) is 21.4 Å². The van der Waals surface area contributed by atoms with Crippen molar-refractivity contribution in [1.82, 2.24) is 0 Å². The molecular formula is C25H22N6O5S2. The Morgan fingerprint density at radius 3 is 1.84 bits per heavy atom. The fourth-order valence-corrected chi connectivity index (χ4v) is 5.49. The smallest absolute Gasteiger partial charge is 0.296 e. The zero-order valence-corrected chi connectivity index (χ0v) is 21.6. The Morgan fingerprint density at radius 2 is 1.18 bits per heavy atom. The van der Waals surface area contributed by atoms with Gasteiger partial charge in [0.15, 0.2) is 0 Å². The highest BCUT2D eigenvalue weighted by atomic mass is 32.2. The van der Waals surface area contributed by atoms with E-state index < -0.39 is 30.5 Å². The summed E-state index contributed by atoms with van der Waals surface area (Å²) in [4.78, 5) is -0.773. The molecule has 194 valence electrons. The Bertz CT molecular complexity index is 1790. The van der Waals surface area contributed by atoms with Gasteiger partial charge in [-0.1, -0.05) is 48.5 Å². The number of hydrogen-bond acceptors (Lipinski definition) is 10. The van der Waals surface area contributed by atoms with Crippen LogP contribution in [0.25, 0.3) is 0 Å². The van der Waals surface area contributed by atoms with Crippen LogP contribution < -0.4 is 11.5 Å². The number of anilines is 2. The number of nitrogens with two attached hydrogens (primary N) is 2. The molecule has 0 atom stereocenters. The van der Waals surface area contributed by atoms with Crippen molar-refractivity contribution in [2.75, 3.05) is 11.5 Å². The van der Waals surface area contributed by atoms with Gasteiger partial charge in [-0.2, -0.15) is 13.5 Å². The maximum Gasteiger partial charge on any atom is 0.296 e. The second-order valence-electron chi connectivity index (χ2n) is 8.02. The van der Waals surface area contributed by atoms with Crippen molar-refractivity contribution in [3.63, 3.8) is 0 Å². The van der Waals surface area contributed by atoms with Gasteiger partial charge in [0.05, 0.1) is 26.9 Å². The highest BCUT2D eigenvalue weighted by Crippen LogP contribution is 2.43. The quantitative estimate of drug-likeness (QED) is 0.141. The Balaban J connectivity index is 1.84. The van der Waals surface area contributed by atoms with Crippen LogP contribution in [0.5, 0.6) is 0 Å². The normalized spacial score (nSPS) is 12.4. The molecule has 4 aromatic carbocycles. The minimum Gasteiger partial charge on any atom is -0.396 e. The summed E-state index contributed by atoms with van der Waals surface area (Å²) in [6.07, 6.45) is 0. The van der Waals surface area contributed by atoms with Crippen molar-refractivity contribution in [3.8, 4) is 0 Å². The Kier molecular flexibility index (Phi) is 7.35. The number of nitrogens with zero attached hydrogens (tertiary/aromatic N) is 4. The minimum atomic E-state index is -4.82. The summed E-state index contributed by atoms with van der Waals surface area (Å²) in [5, 5.41) is 16.1. The number of rotatable bonds is 7. The molecule has 0 fully saturated rings. The van der Waals surface area contributed by atoms with Gasteiger partial charge in [-0.3, -0.25) is 4.55 Å². The topological polar surface area (TPSA) is 190 Å². The van der Waals surface area contributed by atoms with E-state index in [2.05, 4.69) is 20.5 Å². The summed E-state index contributed by atoms with van der Waals surface area (Å²) in [6, 6.07) is 21.6. The number of nitrogen functional groups attached to an aromatic ring is 2. The molecular weight excluding hydrogens is 528 g/mol. The number of aryl methyl sites for hydroxylation is 1. The average molecular weight is 551 g/mol. The lowest BCUT2D eigenvalue weighted by atomic mass is 10.2. The van der Waals surface area contributed by atoms with Crippen molar-refractivity contribution in [1.29, 1.82) is 0 Å². The van der Waals surface area contributed by atoms with Crippen LogP contribution in [0.1, 0.15) is 5.56 Å². The first kappa shape index (κ1) is 26.6. The van der Waals surface area contributed by atoms with Gasteiger partial charge in [0.25, 0.3) is 10.1 Å². The number of azo groups is 2. The SMILES string of the molecule is Cc1ccccc1/N=N/c1c(N)c(/N=N/c2ccccc2S(=O)(=O)c2ccccc2)cc(S(=O)(=O)O)c1N. The summed E-state index contributed by atoms with van der Waals surface area (Å²) in [5.74, 6) is 0. The van der Waals surface area contributed by atoms with Gasteiger partial charge in [0.1, 0.15) is 22.0 Å². The molecule has 0 bridgehead atoms. The third kappa shape index (κ3) is 5.44. The fourth-order valence-electron chi connectivity index (χ4n) is 3.45. The monoisotopic (exact) mass is 550 g/mol. The molecule has 5 N–H and O–H groups in total. The Labute approximate surface area is 219 Å². The largest absolute Gasteiger partial charge is 0.396 e. The molecule has 0 aromatic heterocycles. The molecule has 0 heterocycles. The maximum absolute atomic E-state index is 13.2. The van der Waals surface area contributed by atoms with Gasteiger partial charge in [-0.25, -0.2) is 8.42 Å². The van der Waals surface area contributed by atoms with Crippen LogP contribution in [-0.4, -0.2) is 21.4 Å². The summed E-state index contributed by atoms with van der Waals surface area (Å²) < 4.78 is 60.1. The lowest BCUT2D eigenvalue weighted by Crippen LogP contribution is -2.05. The minimum absolute atomic E-state index is 0.0240. The third-order valence-corrected chi connectivity index (χ3v) is 8.15. The predicted molar refractivity (Wildman–Crippen MR) is 143 cm³/mol. The summed E-state index contributed by atoms with van der Waals surface area (Å²) in [6.45, 7) is 1.80. The summed E-state index contributed by atoms with van der Waals surface area (Å²) in [5.41, 5.74) is 12.3. The molecule has 0 aliphatic heterocycles. The lowest BCUT2D eigenvalue weighted by Gasteiger charge is -2.11. The summed E-state index contributed by atoms with van der Waals surface area (Å²) in [7, 11) is -8.76. The summed E-state index contributed by atoms with van der Waals surface area (Å²) >= 11 is 0. The van der Waals surface area contributed by atoms with Crippen molar-refractivity contribution < 1.29 is 21.4 Å². The molecule has 0 aliphatic carbocycles. The maximum atomic E-state index is 13.2. The third-order valence-electron chi connectivity index (χ3n) is 5.44. The molecule has 0 spiro atoms. The van der Waals surface area contributed by atoms with Crippen LogP contribution in [0, 0.1) is 6.92 Å². The first-order valence-electron chi connectivity index (χ1n) is 11.0. The van der Waals surface area contributed by atoms with Gasteiger partial charge < -0.3 is 11.5 Å². The first-order chi connectivity index (χ1) is 18.0. The van der Waals surface area contributed by atoms with E-state index in [-0.39, 0.29) is 32.5 Å². The van der Waals surface area contributed by atoms with Gasteiger partial charge in [0.2, 0.25) is 9.84 Å². The lowest BCUT2D eigenvalue weighted by molar-refractivity contribution is 0.483. The first-order valence-corrected chi connectivity index (χ1v) is 13.9. The molecule has 0 unspecified atom stereocenters. The predicted octanol–water partition coefficient (Wildman–Crippen LogP) is 6.07. The second-order valence-corrected chi connectivity index (χ2v) is 11.3. The van der Waals surface area contributed by atoms with Crippen LogP contribution >= 0.6 is 0 Å². The average Bonchev–Trinajstić information content (AvgIpc) is 2.89. The molecule has 0 saturated heterocycles. The molecule has 0 radical (unpaired) electrons. The zero-order chi connectivity index (χ0) is 27.5. The zero-order valence-electron chi connectivity index (χ0n) is 19.9. The van der Waals surface area contributed by atoms with Gasteiger partial charge in [-0.15, -0.1) is 15.3 Å². The number of benzene rings is 4. The van der Waals surface area contributed by atoms with Gasteiger partial charge >= 0.3 is 0 Å². The molecule has 0 aliphatic rings. The molecule has 13 heteroatoms. The Hall–Kier alpha value is -4.46. The fraction of sp³-hybridized carbons (Fsp3) is 0.0400. The van der Waals surface area contributed by atoms with Crippen molar-refractivity contribution in [3.05, 3.63) is 90.5 Å². The van der Waals surface area contributed by atoms with Crippen LogP contribution in [-0.2, 0) is 20.0 Å².